The second-order valence-corrected chi connectivity index (χ2v) is 22.6. The topological polar surface area (TPSA) is 71.3 Å². The molecule has 0 aliphatic rings. The molecular formula is C80H50N8. The molecule has 0 aliphatic carbocycles. The summed E-state index contributed by atoms with van der Waals surface area (Å²) in [5.41, 5.74) is 20.7. The van der Waals surface area contributed by atoms with Crippen molar-refractivity contribution in [3.05, 3.63) is 304 Å². The Kier molecular flexibility index (Phi) is 11.1. The number of aromatic nitrogens is 8. The Morgan fingerprint density at radius 3 is 0.909 bits per heavy atom. The number of hydrogen-bond acceptors (Lipinski definition) is 4. The summed E-state index contributed by atoms with van der Waals surface area (Å²) in [5, 5.41) is 8.53. The molecular weight excluding hydrogens is 1070 g/mol. The molecule has 0 saturated carbocycles. The number of pyridine rings is 4. The molecule has 0 amide bonds. The van der Waals surface area contributed by atoms with Crippen LogP contribution in [0.5, 0.6) is 0 Å². The van der Waals surface area contributed by atoms with Crippen LogP contribution in [0.4, 0.5) is 0 Å². The van der Waals surface area contributed by atoms with Crippen molar-refractivity contribution in [1.82, 2.24) is 38.2 Å². The second kappa shape index (κ2) is 19.8. The van der Waals surface area contributed by atoms with Gasteiger partial charge in [-0.25, -0.2) is 4.98 Å². The van der Waals surface area contributed by atoms with Crippen molar-refractivity contribution < 1.29 is 0 Å². The van der Waals surface area contributed by atoms with Gasteiger partial charge in [0.1, 0.15) is 11.4 Å². The van der Waals surface area contributed by atoms with E-state index in [9.17, 15) is 0 Å². The maximum absolute atomic E-state index is 6.50. The molecule has 0 radical (unpaired) electrons. The van der Waals surface area contributed by atoms with Crippen LogP contribution in [0.15, 0.2) is 304 Å². The molecule has 0 N–H and O–H groups in total. The maximum atomic E-state index is 6.50. The normalized spacial score (nSPS) is 11.9. The molecule has 0 aliphatic heterocycles. The molecule has 0 saturated heterocycles. The van der Waals surface area contributed by atoms with Gasteiger partial charge in [0.05, 0.1) is 44.1 Å². The van der Waals surface area contributed by atoms with E-state index in [0.29, 0.717) is 0 Å². The van der Waals surface area contributed by atoms with Gasteiger partial charge in [0, 0.05) is 85.8 Å². The van der Waals surface area contributed by atoms with E-state index in [2.05, 4.69) is 285 Å². The van der Waals surface area contributed by atoms with Crippen LogP contribution in [0.1, 0.15) is 0 Å². The monoisotopic (exact) mass is 1120 g/mol. The molecule has 18 aromatic rings. The fourth-order valence-electron chi connectivity index (χ4n) is 13.9. The average molecular weight is 1120 g/mol. The Hall–Kier alpha value is -12.0. The van der Waals surface area contributed by atoms with Crippen molar-refractivity contribution in [1.29, 1.82) is 0 Å². The maximum Gasteiger partial charge on any atom is 0.165 e. The standard InChI is InChI=1S/C80H50N8/c1-5-19-51(20-6-1)55-33-35-71-63(46-55)64-47-56(52-21-7-2-8-22-52)34-36-72(64)86(71)78-76(59-44-57(53-23-9-3-10-24-53)43-58(45-59)54-25-11-4-12-26-54)77(85-68-30-16-13-27-60(68)65-48-81-40-37-73(65)85)79(87-69-31-17-14-28-61(69)66-49-82-41-38-74(66)87)84-80(78)88-70-32-18-15-29-62(70)67-50-83-42-39-75(67)88/h1-50H. The predicted molar refractivity (Wildman–Crippen MR) is 362 cm³/mol. The molecule has 8 nitrogen and oxygen atoms in total. The summed E-state index contributed by atoms with van der Waals surface area (Å²) in [4.78, 5) is 20.9. The van der Waals surface area contributed by atoms with Crippen LogP contribution in [0.2, 0.25) is 0 Å². The van der Waals surface area contributed by atoms with Gasteiger partial charge in [-0.05, 0) is 129 Å². The molecule has 8 heterocycles. The van der Waals surface area contributed by atoms with Crippen molar-refractivity contribution in [2.75, 3.05) is 0 Å². The van der Waals surface area contributed by atoms with Gasteiger partial charge in [-0.15, -0.1) is 0 Å². The van der Waals surface area contributed by atoms with Crippen LogP contribution in [-0.4, -0.2) is 38.2 Å². The van der Waals surface area contributed by atoms with Crippen molar-refractivity contribution in [3.8, 4) is 78.6 Å². The van der Waals surface area contributed by atoms with Gasteiger partial charge in [0.2, 0.25) is 0 Å². The molecule has 18 rings (SSSR count). The largest absolute Gasteiger partial charge is 0.305 e. The van der Waals surface area contributed by atoms with E-state index in [1.165, 1.54) is 0 Å². The first-order chi connectivity index (χ1) is 43.7. The first-order valence-electron chi connectivity index (χ1n) is 29.7. The molecule has 0 atom stereocenters. The fourth-order valence-corrected chi connectivity index (χ4v) is 13.9. The van der Waals surface area contributed by atoms with E-state index in [1.807, 2.05) is 37.2 Å². The van der Waals surface area contributed by atoms with E-state index in [1.54, 1.807) is 0 Å². The van der Waals surface area contributed by atoms with Gasteiger partial charge in [0.25, 0.3) is 0 Å². The summed E-state index contributed by atoms with van der Waals surface area (Å²) in [6, 6.07) is 96.9. The molecule has 8 heteroatoms. The van der Waals surface area contributed by atoms with E-state index in [-0.39, 0.29) is 0 Å². The van der Waals surface area contributed by atoms with Crippen LogP contribution in [-0.2, 0) is 0 Å². The minimum absolute atomic E-state index is 0.732. The lowest BCUT2D eigenvalue weighted by molar-refractivity contribution is 0.960. The van der Waals surface area contributed by atoms with Crippen molar-refractivity contribution in [2.45, 2.75) is 0 Å². The smallest absolute Gasteiger partial charge is 0.165 e. The van der Waals surface area contributed by atoms with Gasteiger partial charge >= 0.3 is 0 Å². The van der Waals surface area contributed by atoms with E-state index in [0.717, 1.165) is 166 Å². The van der Waals surface area contributed by atoms with Crippen LogP contribution >= 0.6 is 0 Å². The van der Waals surface area contributed by atoms with Crippen LogP contribution < -0.4 is 0 Å². The second-order valence-electron chi connectivity index (χ2n) is 22.6. The quantitative estimate of drug-likeness (QED) is 0.144. The summed E-state index contributed by atoms with van der Waals surface area (Å²) < 4.78 is 9.79. The highest BCUT2D eigenvalue weighted by atomic mass is 15.2. The van der Waals surface area contributed by atoms with Crippen LogP contribution in [0, 0.1) is 0 Å². The number of fused-ring (bicyclic) bond motifs is 12. The van der Waals surface area contributed by atoms with Gasteiger partial charge in [-0.2, -0.15) is 0 Å². The highest BCUT2D eigenvalue weighted by Crippen LogP contribution is 2.50. The third-order valence-corrected chi connectivity index (χ3v) is 17.8. The van der Waals surface area contributed by atoms with E-state index in [4.69, 9.17) is 19.9 Å². The van der Waals surface area contributed by atoms with E-state index < -0.39 is 0 Å². The highest BCUT2D eigenvalue weighted by Gasteiger charge is 2.33. The number of hydrogen-bond donors (Lipinski definition) is 0. The third kappa shape index (κ3) is 7.59. The molecule has 8 aromatic heterocycles. The summed E-state index contributed by atoms with van der Waals surface area (Å²) in [5.74, 6) is 1.47. The Morgan fingerprint density at radius 2 is 0.511 bits per heavy atom. The minimum atomic E-state index is 0.732. The zero-order chi connectivity index (χ0) is 57.8. The Bertz CT molecular complexity index is 5490. The highest BCUT2D eigenvalue weighted by molar-refractivity contribution is 6.16. The van der Waals surface area contributed by atoms with Gasteiger partial charge in [-0.3, -0.25) is 24.1 Å². The minimum Gasteiger partial charge on any atom is -0.305 e. The summed E-state index contributed by atoms with van der Waals surface area (Å²) in [6.45, 7) is 0. The Labute approximate surface area is 505 Å². The van der Waals surface area contributed by atoms with Gasteiger partial charge in [0.15, 0.2) is 11.6 Å². The Morgan fingerprint density at radius 1 is 0.205 bits per heavy atom. The molecule has 0 fully saturated rings. The molecule has 88 heavy (non-hydrogen) atoms. The predicted octanol–water partition coefficient (Wildman–Crippen LogP) is 20.0. The summed E-state index contributed by atoms with van der Waals surface area (Å²) in [7, 11) is 0. The zero-order valence-electron chi connectivity index (χ0n) is 47.4. The third-order valence-electron chi connectivity index (χ3n) is 17.8. The number of para-hydroxylation sites is 3. The van der Waals surface area contributed by atoms with E-state index >= 15 is 0 Å². The summed E-state index contributed by atoms with van der Waals surface area (Å²) in [6.07, 6.45) is 11.7. The summed E-state index contributed by atoms with van der Waals surface area (Å²) >= 11 is 0. The van der Waals surface area contributed by atoms with Crippen LogP contribution in [0.25, 0.3) is 166 Å². The van der Waals surface area contributed by atoms with Gasteiger partial charge in [-0.1, -0.05) is 188 Å². The zero-order valence-corrected chi connectivity index (χ0v) is 47.4. The number of benzene rings is 10. The fraction of sp³-hybridized carbons (Fsp3) is 0. The molecule has 0 unspecified atom stereocenters. The van der Waals surface area contributed by atoms with Crippen molar-refractivity contribution in [3.63, 3.8) is 0 Å². The van der Waals surface area contributed by atoms with Crippen molar-refractivity contribution >= 4 is 87.2 Å². The molecule has 410 valence electrons. The number of rotatable bonds is 9. The lowest BCUT2D eigenvalue weighted by Gasteiger charge is -2.27. The first-order valence-corrected chi connectivity index (χ1v) is 29.7. The average Bonchev–Trinajstić information content (AvgIpc) is 1.54. The lowest BCUT2D eigenvalue weighted by atomic mass is 9.91. The molecule has 0 bridgehead atoms. The SMILES string of the molecule is c1ccc(-c2cc(-c3ccccc3)cc(-c3c(-n4c5ccccc5c5cnccc54)c(-n4c5ccccc5c5cnccc54)nc(-n4c5ccccc5c5cnccc54)c3-n3c4ccc(-c5ccccc5)cc4c4cc(-c5ccccc5)ccc43)c2)cc1. The van der Waals surface area contributed by atoms with Crippen LogP contribution in [0.3, 0.4) is 0 Å². The van der Waals surface area contributed by atoms with Gasteiger partial charge < -0.3 is 9.13 Å². The molecule has 0 spiro atoms. The molecule has 10 aromatic carbocycles. The lowest BCUT2D eigenvalue weighted by Crippen LogP contribution is -2.16. The number of nitrogens with zero attached hydrogens (tertiary/aromatic N) is 8. The first kappa shape index (κ1) is 49.4. The van der Waals surface area contributed by atoms with Crippen molar-refractivity contribution in [2.24, 2.45) is 0 Å². The Balaban J connectivity index is 1.14.